The number of rotatable bonds is 2. The van der Waals surface area contributed by atoms with Gasteiger partial charge in [0.15, 0.2) is 0 Å². The molecular weight excluding hydrogens is 380 g/mol. The highest BCUT2D eigenvalue weighted by molar-refractivity contribution is 7.10. The summed E-state index contributed by atoms with van der Waals surface area (Å²) in [6, 6.07) is 18.5. The number of nitrogens with one attached hydrogen (secondary N) is 1. The van der Waals surface area contributed by atoms with Crippen LogP contribution in [0.15, 0.2) is 78.1 Å². The predicted octanol–water partition coefficient (Wildman–Crippen LogP) is 4.76. The number of ketones is 1. The van der Waals surface area contributed by atoms with Crippen molar-refractivity contribution >= 4 is 33.8 Å². The van der Waals surface area contributed by atoms with Gasteiger partial charge >= 0.3 is 0 Å². The summed E-state index contributed by atoms with van der Waals surface area (Å²) in [7, 11) is 0. The van der Waals surface area contributed by atoms with E-state index in [1.54, 1.807) is 17.7 Å². The fraction of sp³-hybridized carbons (Fsp3) is 0.174. The fourth-order valence-corrected chi connectivity index (χ4v) is 5.48. The van der Waals surface area contributed by atoms with Gasteiger partial charge in [0.2, 0.25) is 5.95 Å². The Balaban J connectivity index is 1.55. The van der Waals surface area contributed by atoms with E-state index in [9.17, 15) is 4.79 Å². The number of hydrogen-bond acceptors (Lipinski definition) is 5. The topological polar surface area (TPSA) is 59.8 Å². The van der Waals surface area contributed by atoms with Gasteiger partial charge in [-0.25, -0.2) is 4.68 Å². The number of aromatic nitrogens is 3. The first-order valence-corrected chi connectivity index (χ1v) is 10.6. The van der Waals surface area contributed by atoms with Crippen LogP contribution in [0, 0.1) is 5.92 Å². The quantitative estimate of drug-likeness (QED) is 0.529. The van der Waals surface area contributed by atoms with E-state index in [-0.39, 0.29) is 23.7 Å². The Hall–Kier alpha value is -3.25. The molecule has 2 aromatic carbocycles. The lowest BCUT2D eigenvalue weighted by Gasteiger charge is -2.38. The van der Waals surface area contributed by atoms with Crippen molar-refractivity contribution in [2.24, 2.45) is 5.92 Å². The molecular formula is C23H18N4OS. The van der Waals surface area contributed by atoms with Crippen molar-refractivity contribution < 1.29 is 4.79 Å². The van der Waals surface area contributed by atoms with E-state index in [2.05, 4.69) is 63.3 Å². The molecule has 5 nitrogen and oxygen atoms in total. The van der Waals surface area contributed by atoms with Gasteiger partial charge in [0.05, 0.1) is 12.0 Å². The molecule has 0 bridgehead atoms. The third kappa shape index (κ3) is 2.56. The highest BCUT2D eigenvalue weighted by atomic mass is 32.1. The SMILES string of the molecule is O=C1C[C@H](c2cccs2)C=C2Nc3ncnn3[C@H](c3cccc4ccccc34)[C@@H]12. The highest BCUT2D eigenvalue weighted by Crippen LogP contribution is 2.45. The van der Waals surface area contributed by atoms with Crippen molar-refractivity contribution in [2.45, 2.75) is 18.4 Å². The van der Waals surface area contributed by atoms with Gasteiger partial charge in [0.1, 0.15) is 12.1 Å². The first kappa shape index (κ1) is 16.7. The van der Waals surface area contributed by atoms with Crippen molar-refractivity contribution in [3.8, 4) is 0 Å². The minimum Gasteiger partial charge on any atom is -0.328 e. The average Bonchev–Trinajstić information content (AvgIpc) is 3.44. The summed E-state index contributed by atoms with van der Waals surface area (Å²) in [6.45, 7) is 0. The summed E-state index contributed by atoms with van der Waals surface area (Å²) in [6.07, 6.45) is 4.29. The van der Waals surface area contributed by atoms with Crippen molar-refractivity contribution in [2.75, 3.05) is 5.32 Å². The van der Waals surface area contributed by atoms with E-state index in [1.807, 2.05) is 22.9 Å². The second kappa shape index (κ2) is 6.39. The van der Waals surface area contributed by atoms with E-state index in [0.717, 1.165) is 22.0 Å². The lowest BCUT2D eigenvalue weighted by Crippen LogP contribution is -2.40. The van der Waals surface area contributed by atoms with Crippen molar-refractivity contribution in [3.63, 3.8) is 0 Å². The Labute approximate surface area is 171 Å². The minimum absolute atomic E-state index is 0.115. The number of allylic oxidation sites excluding steroid dienone is 2. The third-order valence-corrected chi connectivity index (χ3v) is 6.95. The number of benzene rings is 2. The van der Waals surface area contributed by atoms with Crippen LogP contribution in [0.5, 0.6) is 0 Å². The van der Waals surface area contributed by atoms with Gasteiger partial charge in [-0.15, -0.1) is 11.3 Å². The maximum atomic E-state index is 13.4. The van der Waals surface area contributed by atoms with Crippen LogP contribution in [0.2, 0.25) is 0 Å². The molecule has 0 saturated heterocycles. The van der Waals surface area contributed by atoms with Crippen LogP contribution in [0.3, 0.4) is 0 Å². The number of nitrogens with zero attached hydrogens (tertiary/aromatic N) is 3. The number of thiophene rings is 1. The molecule has 142 valence electrons. The van der Waals surface area contributed by atoms with Crippen LogP contribution in [0.4, 0.5) is 5.95 Å². The zero-order valence-corrected chi connectivity index (χ0v) is 16.3. The molecule has 0 fully saturated rings. The first-order chi connectivity index (χ1) is 14.3. The van der Waals surface area contributed by atoms with Crippen LogP contribution >= 0.6 is 11.3 Å². The zero-order chi connectivity index (χ0) is 19.4. The molecule has 3 atom stereocenters. The Kier molecular flexibility index (Phi) is 3.67. The summed E-state index contributed by atoms with van der Waals surface area (Å²) < 4.78 is 1.87. The van der Waals surface area contributed by atoms with E-state index in [4.69, 9.17) is 0 Å². The number of carbonyl (C=O) groups excluding carboxylic acids is 1. The lowest BCUT2D eigenvalue weighted by atomic mass is 9.76. The smallest absolute Gasteiger partial charge is 0.226 e. The molecule has 1 N–H and O–H groups in total. The van der Waals surface area contributed by atoms with Gasteiger partial charge in [0.25, 0.3) is 0 Å². The summed E-state index contributed by atoms with van der Waals surface area (Å²) >= 11 is 1.70. The maximum absolute atomic E-state index is 13.4. The van der Waals surface area contributed by atoms with Gasteiger partial charge in [-0.1, -0.05) is 54.6 Å². The van der Waals surface area contributed by atoms with Crippen LogP contribution in [0.1, 0.15) is 28.8 Å². The molecule has 2 aromatic heterocycles. The molecule has 29 heavy (non-hydrogen) atoms. The number of carbonyl (C=O) groups is 1. The van der Waals surface area contributed by atoms with Crippen LogP contribution in [-0.2, 0) is 4.79 Å². The van der Waals surface area contributed by atoms with Crippen LogP contribution in [0.25, 0.3) is 10.8 Å². The van der Waals surface area contributed by atoms with Gasteiger partial charge in [-0.05, 0) is 27.8 Å². The molecule has 3 heterocycles. The standard InChI is InChI=1S/C23H18N4OS/c28-19-12-15(20-9-4-10-29-20)11-18-21(19)22(27-23(26-18)24-13-25-27)17-8-3-6-14-5-1-2-7-16(14)17/h1-11,13,15,21-22H,12H2,(H,24,25,26)/t15-,21-,22-/m1/s1. The second-order valence-corrected chi connectivity index (χ2v) is 8.54. The zero-order valence-electron chi connectivity index (χ0n) is 15.5. The molecule has 0 spiro atoms. The Bertz CT molecular complexity index is 1250. The molecule has 4 aromatic rings. The monoisotopic (exact) mass is 398 g/mol. The predicted molar refractivity (Wildman–Crippen MR) is 114 cm³/mol. The highest BCUT2D eigenvalue weighted by Gasteiger charge is 2.43. The second-order valence-electron chi connectivity index (χ2n) is 7.56. The van der Waals surface area contributed by atoms with Crippen molar-refractivity contribution in [1.29, 1.82) is 0 Å². The Morgan fingerprint density at radius 2 is 1.97 bits per heavy atom. The Morgan fingerprint density at radius 1 is 1.07 bits per heavy atom. The lowest BCUT2D eigenvalue weighted by molar-refractivity contribution is -0.123. The molecule has 2 aliphatic rings. The van der Waals surface area contributed by atoms with E-state index in [0.29, 0.717) is 12.4 Å². The summed E-state index contributed by atoms with van der Waals surface area (Å²) in [5.41, 5.74) is 2.05. The average molecular weight is 398 g/mol. The molecule has 1 aliphatic carbocycles. The molecule has 0 amide bonds. The van der Waals surface area contributed by atoms with E-state index < -0.39 is 0 Å². The van der Waals surface area contributed by atoms with Gasteiger partial charge in [0, 0.05) is 22.9 Å². The third-order valence-electron chi connectivity index (χ3n) is 5.94. The number of anilines is 1. The number of Topliss-reactive ketones (excluding diaryl/α,β-unsaturated/α-hetero) is 1. The molecule has 0 radical (unpaired) electrons. The van der Waals surface area contributed by atoms with Crippen molar-refractivity contribution in [3.05, 3.63) is 88.5 Å². The number of fused-ring (bicyclic) bond motifs is 3. The van der Waals surface area contributed by atoms with Gasteiger partial charge in [-0.3, -0.25) is 4.79 Å². The largest absolute Gasteiger partial charge is 0.328 e. The van der Waals surface area contributed by atoms with E-state index >= 15 is 0 Å². The summed E-state index contributed by atoms with van der Waals surface area (Å²) in [4.78, 5) is 19.1. The molecule has 0 saturated carbocycles. The molecule has 6 rings (SSSR count). The first-order valence-electron chi connectivity index (χ1n) is 9.71. The normalized spacial score (nSPS) is 23.2. The molecule has 1 aliphatic heterocycles. The fourth-order valence-electron chi connectivity index (χ4n) is 4.68. The summed E-state index contributed by atoms with van der Waals surface area (Å²) in [5.74, 6) is 0.757. The number of hydrogen-bond donors (Lipinski definition) is 1. The maximum Gasteiger partial charge on any atom is 0.226 e. The molecule has 0 unspecified atom stereocenters. The van der Waals surface area contributed by atoms with Crippen LogP contribution in [-0.4, -0.2) is 20.5 Å². The summed E-state index contributed by atoms with van der Waals surface area (Å²) in [5, 5.41) is 12.2. The van der Waals surface area contributed by atoms with Crippen molar-refractivity contribution in [1.82, 2.24) is 14.8 Å². The minimum atomic E-state index is -0.286. The van der Waals surface area contributed by atoms with Crippen LogP contribution < -0.4 is 5.32 Å². The van der Waals surface area contributed by atoms with E-state index in [1.165, 1.54) is 4.88 Å². The van der Waals surface area contributed by atoms with Gasteiger partial charge < -0.3 is 5.32 Å². The Morgan fingerprint density at radius 3 is 2.86 bits per heavy atom. The van der Waals surface area contributed by atoms with Gasteiger partial charge in [-0.2, -0.15) is 10.1 Å². The molecule has 6 heteroatoms.